The molecule has 12 heteroatoms. The second kappa shape index (κ2) is 10.3. The number of halogens is 3. The van der Waals surface area contributed by atoms with Gasteiger partial charge in [-0.1, -0.05) is 18.2 Å². The number of nitrogens with one attached hydrogen (secondary N) is 1. The number of likely N-dealkylation sites (tertiary alicyclic amines) is 1. The molecule has 4 rings (SSSR count). The number of pyridine rings is 1. The third-order valence-corrected chi connectivity index (χ3v) is 6.10. The predicted molar refractivity (Wildman–Crippen MR) is 132 cm³/mol. The second-order valence-corrected chi connectivity index (χ2v) is 8.59. The van der Waals surface area contributed by atoms with Gasteiger partial charge in [0, 0.05) is 23.9 Å². The number of anilines is 1. The number of nitrogens with zero attached hydrogens (tertiary/aromatic N) is 4. The van der Waals surface area contributed by atoms with Crippen molar-refractivity contribution in [3.63, 3.8) is 0 Å². The van der Waals surface area contributed by atoms with E-state index in [0.717, 1.165) is 44.1 Å². The molecule has 1 aliphatic heterocycles. The fourth-order valence-corrected chi connectivity index (χ4v) is 4.37. The zero-order valence-corrected chi connectivity index (χ0v) is 20.0. The van der Waals surface area contributed by atoms with Gasteiger partial charge in [-0.25, -0.2) is 14.6 Å². The number of rotatable bonds is 6. The average molecular weight is 514 g/mol. The van der Waals surface area contributed by atoms with E-state index in [1.54, 1.807) is 12.1 Å². The number of piperidine rings is 1. The van der Waals surface area contributed by atoms with Crippen LogP contribution in [0.2, 0.25) is 0 Å². The van der Waals surface area contributed by atoms with E-state index in [1.807, 2.05) is 19.2 Å². The largest absolute Gasteiger partial charge is 0.416 e. The second-order valence-electron chi connectivity index (χ2n) is 8.59. The average Bonchev–Trinajstić information content (AvgIpc) is 3.21. The molecule has 0 unspecified atom stereocenters. The molecule has 1 aliphatic rings. The maximum Gasteiger partial charge on any atom is 0.416 e. The molecule has 37 heavy (non-hydrogen) atoms. The van der Waals surface area contributed by atoms with Gasteiger partial charge in [-0.05, 0) is 56.7 Å². The molecular weight excluding hydrogens is 487 g/mol. The monoisotopic (exact) mass is 513 g/mol. The molecule has 2 amide bonds. The van der Waals surface area contributed by atoms with E-state index in [-0.39, 0.29) is 28.8 Å². The van der Waals surface area contributed by atoms with Gasteiger partial charge in [0.1, 0.15) is 11.5 Å². The molecular formula is C25H26F3N7O2. The number of hydrogen-bond acceptors (Lipinski definition) is 6. The van der Waals surface area contributed by atoms with Crippen molar-refractivity contribution < 1.29 is 22.8 Å². The Hall–Kier alpha value is -4.35. The zero-order valence-electron chi connectivity index (χ0n) is 20.0. The highest BCUT2D eigenvalue weighted by molar-refractivity contribution is 6.04. The third kappa shape index (κ3) is 5.42. The molecule has 0 radical (unpaired) electrons. The van der Waals surface area contributed by atoms with Crippen LogP contribution in [0.25, 0.3) is 11.3 Å². The quantitative estimate of drug-likeness (QED) is 0.426. The SMILES string of the molecule is CC=CN1CCCC[C@H]1c1nc(-c2ccc(C(=O)Nc3cc(C(F)(F)F)ccn3)cc2)c(C(N)=O)n1N. The molecule has 0 spiro atoms. The standard InChI is InChI=1S/C25H26F3N7O2/c1-2-12-34-13-4-3-5-18(34)23-33-20(21(22(29)36)35(23)30)15-6-8-16(9-7-15)24(37)32-19-14-17(10-11-31-19)25(26,27)28/h2,6-12,14,18H,3-5,13,30H2,1H3,(H2,29,36)(H,31,32,37)/t18-/m0/s1. The van der Waals surface area contributed by atoms with Crippen LogP contribution in [0.3, 0.4) is 0 Å². The first kappa shape index (κ1) is 25.7. The predicted octanol–water partition coefficient (Wildman–Crippen LogP) is 4.09. The van der Waals surface area contributed by atoms with Gasteiger partial charge in [0.2, 0.25) is 0 Å². The molecule has 5 N–H and O–H groups in total. The topological polar surface area (TPSA) is 132 Å². The van der Waals surface area contributed by atoms with E-state index in [2.05, 4.69) is 20.2 Å². The highest BCUT2D eigenvalue weighted by atomic mass is 19.4. The highest BCUT2D eigenvalue weighted by Gasteiger charge is 2.32. The molecule has 2 aromatic heterocycles. The molecule has 0 bridgehead atoms. The number of alkyl halides is 3. The summed E-state index contributed by atoms with van der Waals surface area (Å²) < 4.78 is 40.0. The lowest BCUT2D eigenvalue weighted by atomic mass is 10.0. The minimum absolute atomic E-state index is 0.0337. The molecule has 3 heterocycles. The van der Waals surface area contributed by atoms with Crippen LogP contribution >= 0.6 is 0 Å². The summed E-state index contributed by atoms with van der Waals surface area (Å²) in [6.45, 7) is 2.75. The van der Waals surface area contributed by atoms with Crippen LogP contribution in [-0.2, 0) is 6.18 Å². The molecule has 194 valence electrons. The van der Waals surface area contributed by atoms with Gasteiger partial charge in [0.25, 0.3) is 11.8 Å². The Morgan fingerprint density at radius 3 is 2.54 bits per heavy atom. The number of primary amides is 1. The van der Waals surface area contributed by atoms with Crippen molar-refractivity contribution in [1.29, 1.82) is 0 Å². The lowest BCUT2D eigenvalue weighted by Gasteiger charge is -2.34. The van der Waals surface area contributed by atoms with Crippen LogP contribution in [-0.4, -0.2) is 37.9 Å². The van der Waals surface area contributed by atoms with Crippen LogP contribution < -0.4 is 16.9 Å². The molecule has 0 saturated carbocycles. The molecule has 3 aromatic rings. The van der Waals surface area contributed by atoms with Crippen LogP contribution in [0.15, 0.2) is 54.9 Å². The Labute approximate surface area is 211 Å². The Bertz CT molecular complexity index is 1330. The maximum atomic E-state index is 12.9. The van der Waals surface area contributed by atoms with E-state index < -0.39 is 23.6 Å². The number of carbonyl (C=O) groups excluding carboxylic acids is 2. The first-order chi connectivity index (χ1) is 17.6. The number of allylic oxidation sites excluding steroid dienone is 1. The van der Waals surface area contributed by atoms with E-state index in [1.165, 1.54) is 16.8 Å². The summed E-state index contributed by atoms with van der Waals surface area (Å²) in [4.78, 5) is 35.5. The number of hydrogen-bond donors (Lipinski definition) is 3. The minimum atomic E-state index is -4.56. The number of nitrogen functional groups attached to an aromatic ring is 1. The van der Waals surface area contributed by atoms with Crippen molar-refractivity contribution >= 4 is 17.6 Å². The Morgan fingerprint density at radius 1 is 1.16 bits per heavy atom. The third-order valence-electron chi connectivity index (χ3n) is 6.10. The molecule has 1 fully saturated rings. The molecule has 1 atom stereocenters. The molecule has 9 nitrogen and oxygen atoms in total. The molecule has 1 aromatic carbocycles. The lowest BCUT2D eigenvalue weighted by Crippen LogP contribution is -2.33. The first-order valence-electron chi connectivity index (χ1n) is 11.6. The summed E-state index contributed by atoms with van der Waals surface area (Å²) in [6, 6.07) is 7.50. The Kier molecular flexibility index (Phi) is 7.18. The highest BCUT2D eigenvalue weighted by Crippen LogP contribution is 2.34. The summed E-state index contributed by atoms with van der Waals surface area (Å²) >= 11 is 0. The summed E-state index contributed by atoms with van der Waals surface area (Å²) in [5.41, 5.74) is 5.70. The van der Waals surface area contributed by atoms with Crippen molar-refractivity contribution in [2.45, 2.75) is 38.4 Å². The number of benzene rings is 1. The van der Waals surface area contributed by atoms with Gasteiger partial charge < -0.3 is 21.8 Å². The van der Waals surface area contributed by atoms with E-state index in [0.29, 0.717) is 11.4 Å². The smallest absolute Gasteiger partial charge is 0.368 e. The van der Waals surface area contributed by atoms with Gasteiger partial charge >= 0.3 is 6.18 Å². The normalized spacial score (nSPS) is 16.2. The molecule has 0 aliphatic carbocycles. The Morgan fingerprint density at radius 2 is 1.89 bits per heavy atom. The maximum absolute atomic E-state index is 12.9. The summed E-state index contributed by atoms with van der Waals surface area (Å²) in [7, 11) is 0. The Balaban J connectivity index is 1.61. The lowest BCUT2D eigenvalue weighted by molar-refractivity contribution is -0.137. The first-order valence-corrected chi connectivity index (χ1v) is 11.6. The van der Waals surface area contributed by atoms with Crippen molar-refractivity contribution in [2.24, 2.45) is 5.73 Å². The van der Waals surface area contributed by atoms with Crippen LogP contribution in [0.5, 0.6) is 0 Å². The van der Waals surface area contributed by atoms with Crippen LogP contribution in [0.1, 0.15) is 64.5 Å². The number of amides is 2. The number of imidazole rings is 1. The van der Waals surface area contributed by atoms with E-state index in [9.17, 15) is 22.8 Å². The van der Waals surface area contributed by atoms with Gasteiger partial charge in [-0.2, -0.15) is 13.2 Å². The van der Waals surface area contributed by atoms with Gasteiger partial charge in [0.15, 0.2) is 11.5 Å². The summed E-state index contributed by atoms with van der Waals surface area (Å²) in [6.07, 6.45) is 3.12. The fourth-order valence-electron chi connectivity index (χ4n) is 4.37. The fraction of sp³-hybridized carbons (Fsp3) is 0.280. The number of carbonyl (C=O) groups is 2. The van der Waals surface area contributed by atoms with Crippen molar-refractivity contribution in [2.75, 3.05) is 17.7 Å². The number of aromatic nitrogens is 3. The van der Waals surface area contributed by atoms with Gasteiger partial charge in [-0.3, -0.25) is 9.59 Å². The zero-order chi connectivity index (χ0) is 26.7. The van der Waals surface area contributed by atoms with Crippen molar-refractivity contribution in [1.82, 2.24) is 19.5 Å². The van der Waals surface area contributed by atoms with Crippen LogP contribution in [0, 0.1) is 0 Å². The van der Waals surface area contributed by atoms with Crippen molar-refractivity contribution in [3.05, 3.63) is 77.5 Å². The summed E-state index contributed by atoms with van der Waals surface area (Å²) in [5.74, 6) is 5.16. The van der Waals surface area contributed by atoms with E-state index >= 15 is 0 Å². The number of nitrogens with two attached hydrogens (primary N) is 2. The molecule has 1 saturated heterocycles. The van der Waals surface area contributed by atoms with Crippen LogP contribution in [0.4, 0.5) is 19.0 Å². The van der Waals surface area contributed by atoms with Crippen molar-refractivity contribution in [3.8, 4) is 11.3 Å². The van der Waals surface area contributed by atoms with E-state index in [4.69, 9.17) is 11.6 Å². The van der Waals surface area contributed by atoms with Gasteiger partial charge in [0.05, 0.1) is 11.6 Å². The minimum Gasteiger partial charge on any atom is -0.368 e. The van der Waals surface area contributed by atoms with Gasteiger partial charge in [-0.15, -0.1) is 0 Å². The summed E-state index contributed by atoms with van der Waals surface area (Å²) in [5, 5.41) is 2.36.